The Kier molecular flexibility index (Phi) is 19.4. The quantitative estimate of drug-likeness (QED) is 0.112. The summed E-state index contributed by atoms with van der Waals surface area (Å²) in [7, 11) is 0. The van der Waals surface area contributed by atoms with Crippen LogP contribution >= 0.6 is 0 Å². The van der Waals surface area contributed by atoms with E-state index in [-0.39, 0.29) is 0 Å². The standard InChI is InChI=1S/C37H72/c1-9-17-21-31(13-5)27-35-25-26-37(29-33(15-7)23-19-11-3,30-34(16-8)24-20-12-4)36(35)28-32(14-6)22-18-10-2/h31-34H,9-30H2,1-8H3. The number of rotatable bonds is 24. The summed E-state index contributed by atoms with van der Waals surface area (Å²) < 4.78 is 0. The highest BCUT2D eigenvalue weighted by Gasteiger charge is 2.43. The van der Waals surface area contributed by atoms with Crippen molar-refractivity contribution in [2.45, 2.75) is 197 Å². The molecule has 0 nitrogen and oxygen atoms in total. The van der Waals surface area contributed by atoms with Gasteiger partial charge in [-0.3, -0.25) is 0 Å². The van der Waals surface area contributed by atoms with Crippen molar-refractivity contribution in [3.63, 3.8) is 0 Å². The summed E-state index contributed by atoms with van der Waals surface area (Å²) in [6, 6.07) is 0. The number of hydrogen-bond acceptors (Lipinski definition) is 0. The molecule has 0 aromatic heterocycles. The first-order valence-electron chi connectivity index (χ1n) is 17.7. The van der Waals surface area contributed by atoms with E-state index in [1.807, 2.05) is 11.1 Å². The molecule has 0 heteroatoms. The second-order valence-corrected chi connectivity index (χ2v) is 13.3. The maximum Gasteiger partial charge on any atom is -0.00770 e. The van der Waals surface area contributed by atoms with Crippen LogP contribution in [0.2, 0.25) is 0 Å². The van der Waals surface area contributed by atoms with Crippen LogP contribution in [-0.4, -0.2) is 0 Å². The zero-order chi connectivity index (χ0) is 27.5. The first kappa shape index (κ1) is 34.8. The fourth-order valence-electron chi connectivity index (χ4n) is 7.70. The molecule has 1 aliphatic carbocycles. The summed E-state index contributed by atoms with van der Waals surface area (Å²) in [5.74, 6) is 3.68. The first-order valence-corrected chi connectivity index (χ1v) is 17.7. The highest BCUT2D eigenvalue weighted by molar-refractivity contribution is 5.30. The van der Waals surface area contributed by atoms with Gasteiger partial charge >= 0.3 is 0 Å². The molecule has 1 rings (SSSR count). The lowest BCUT2D eigenvalue weighted by molar-refractivity contribution is 0.175. The molecule has 0 fully saturated rings. The highest BCUT2D eigenvalue weighted by atomic mass is 14.5. The van der Waals surface area contributed by atoms with E-state index in [2.05, 4.69) is 55.4 Å². The van der Waals surface area contributed by atoms with Crippen LogP contribution in [0.25, 0.3) is 0 Å². The van der Waals surface area contributed by atoms with Crippen LogP contribution in [0.4, 0.5) is 0 Å². The fraction of sp³-hybridized carbons (Fsp3) is 0.946. The molecule has 0 aromatic rings. The molecule has 4 unspecified atom stereocenters. The van der Waals surface area contributed by atoms with Gasteiger partial charge in [0.15, 0.2) is 0 Å². The lowest BCUT2D eigenvalue weighted by atomic mass is 9.64. The normalized spacial score (nSPS) is 21.4. The SMILES string of the molecule is CCCCC(CC)CC1=C(CC(CC)CCCC)C(CC(CC)CCCC)(CC(CC)CCCC)CC1. The van der Waals surface area contributed by atoms with Gasteiger partial charge in [-0.25, -0.2) is 0 Å². The zero-order valence-corrected chi connectivity index (χ0v) is 27.4. The smallest absolute Gasteiger partial charge is 0.00770 e. The van der Waals surface area contributed by atoms with Crippen molar-refractivity contribution >= 4 is 0 Å². The average Bonchev–Trinajstić information content (AvgIpc) is 3.24. The number of unbranched alkanes of at least 4 members (excludes halogenated alkanes) is 4. The van der Waals surface area contributed by atoms with Gasteiger partial charge in [0.05, 0.1) is 0 Å². The average molecular weight is 517 g/mol. The molecule has 1 aliphatic rings. The molecule has 0 saturated heterocycles. The summed E-state index contributed by atoms with van der Waals surface area (Å²) in [5.41, 5.74) is 4.52. The van der Waals surface area contributed by atoms with Gasteiger partial charge in [-0.15, -0.1) is 0 Å². The monoisotopic (exact) mass is 517 g/mol. The van der Waals surface area contributed by atoms with E-state index in [0.29, 0.717) is 5.41 Å². The van der Waals surface area contributed by atoms with Crippen molar-refractivity contribution in [1.29, 1.82) is 0 Å². The van der Waals surface area contributed by atoms with Crippen molar-refractivity contribution in [2.24, 2.45) is 29.1 Å². The Morgan fingerprint density at radius 1 is 0.514 bits per heavy atom. The summed E-state index contributed by atoms with van der Waals surface area (Å²) in [5, 5.41) is 0. The molecule has 0 amide bonds. The van der Waals surface area contributed by atoms with Gasteiger partial charge in [0.1, 0.15) is 0 Å². The van der Waals surface area contributed by atoms with E-state index in [9.17, 15) is 0 Å². The first-order chi connectivity index (χ1) is 18.0. The molecule has 0 saturated carbocycles. The predicted molar refractivity (Wildman–Crippen MR) is 170 cm³/mol. The van der Waals surface area contributed by atoms with Crippen LogP contribution in [-0.2, 0) is 0 Å². The molecule has 0 N–H and O–H groups in total. The van der Waals surface area contributed by atoms with Crippen molar-refractivity contribution in [3.05, 3.63) is 11.1 Å². The van der Waals surface area contributed by atoms with E-state index in [0.717, 1.165) is 23.7 Å². The van der Waals surface area contributed by atoms with Crippen molar-refractivity contribution in [1.82, 2.24) is 0 Å². The van der Waals surface area contributed by atoms with Crippen molar-refractivity contribution in [3.8, 4) is 0 Å². The molecule has 0 radical (unpaired) electrons. The Hall–Kier alpha value is -0.260. The molecular weight excluding hydrogens is 444 g/mol. The lowest BCUT2D eigenvalue weighted by Gasteiger charge is -2.40. The zero-order valence-electron chi connectivity index (χ0n) is 27.4. The Labute approximate surface area is 236 Å². The summed E-state index contributed by atoms with van der Waals surface area (Å²) >= 11 is 0. The molecule has 0 heterocycles. The molecule has 0 aromatic carbocycles. The molecule has 0 bridgehead atoms. The van der Waals surface area contributed by atoms with Crippen LogP contribution in [0.3, 0.4) is 0 Å². The predicted octanol–water partition coefficient (Wildman–Crippen LogP) is 13.5. The molecule has 37 heavy (non-hydrogen) atoms. The van der Waals surface area contributed by atoms with Gasteiger partial charge in [-0.2, -0.15) is 0 Å². The molecular formula is C37H72. The summed E-state index contributed by atoms with van der Waals surface area (Å²) in [6.45, 7) is 19.5. The van der Waals surface area contributed by atoms with E-state index in [4.69, 9.17) is 0 Å². The van der Waals surface area contributed by atoms with Crippen LogP contribution in [0.1, 0.15) is 197 Å². The van der Waals surface area contributed by atoms with Gasteiger partial charge in [-0.1, -0.05) is 169 Å². The van der Waals surface area contributed by atoms with E-state index in [1.165, 1.54) is 141 Å². The van der Waals surface area contributed by atoms with E-state index in [1.54, 1.807) is 0 Å². The summed E-state index contributed by atoms with van der Waals surface area (Å²) in [4.78, 5) is 0. The third-order valence-electron chi connectivity index (χ3n) is 10.5. The topological polar surface area (TPSA) is 0 Å². The van der Waals surface area contributed by atoms with E-state index >= 15 is 0 Å². The minimum atomic E-state index is 0.515. The Morgan fingerprint density at radius 3 is 1.27 bits per heavy atom. The molecule has 4 atom stereocenters. The molecule has 220 valence electrons. The Morgan fingerprint density at radius 2 is 0.892 bits per heavy atom. The maximum absolute atomic E-state index is 2.50. The van der Waals surface area contributed by atoms with Gasteiger partial charge < -0.3 is 0 Å². The van der Waals surface area contributed by atoms with Crippen LogP contribution in [0, 0.1) is 29.1 Å². The highest BCUT2D eigenvalue weighted by Crippen LogP contribution is 2.56. The second-order valence-electron chi connectivity index (χ2n) is 13.3. The van der Waals surface area contributed by atoms with Gasteiger partial charge in [0.2, 0.25) is 0 Å². The Bertz CT molecular complexity index is 551. The molecule has 0 spiro atoms. The summed E-state index contributed by atoms with van der Waals surface area (Å²) in [6.07, 6.45) is 31.2. The minimum Gasteiger partial charge on any atom is -0.0701 e. The lowest BCUT2D eigenvalue weighted by Crippen LogP contribution is -2.29. The fourth-order valence-corrected chi connectivity index (χ4v) is 7.70. The van der Waals surface area contributed by atoms with Crippen LogP contribution in [0.5, 0.6) is 0 Å². The van der Waals surface area contributed by atoms with Crippen molar-refractivity contribution < 1.29 is 0 Å². The third-order valence-corrected chi connectivity index (χ3v) is 10.5. The number of allylic oxidation sites excluding steroid dienone is 2. The maximum atomic E-state index is 2.50. The molecule has 0 aliphatic heterocycles. The largest absolute Gasteiger partial charge is 0.0701 e. The minimum absolute atomic E-state index is 0.515. The number of hydrogen-bond donors (Lipinski definition) is 0. The second kappa shape index (κ2) is 20.6. The van der Waals surface area contributed by atoms with Crippen LogP contribution in [0.15, 0.2) is 11.1 Å². The van der Waals surface area contributed by atoms with Gasteiger partial charge in [0, 0.05) is 0 Å². The third kappa shape index (κ3) is 12.2. The van der Waals surface area contributed by atoms with E-state index < -0.39 is 0 Å². The van der Waals surface area contributed by atoms with Crippen molar-refractivity contribution in [2.75, 3.05) is 0 Å². The Balaban J connectivity index is 3.47. The van der Waals surface area contributed by atoms with Crippen LogP contribution < -0.4 is 0 Å². The van der Waals surface area contributed by atoms with Gasteiger partial charge in [-0.05, 0) is 67.6 Å². The van der Waals surface area contributed by atoms with Gasteiger partial charge in [0.25, 0.3) is 0 Å².